The lowest BCUT2D eigenvalue weighted by atomic mass is 10.1. The fourth-order valence-corrected chi connectivity index (χ4v) is 2.23. The maximum absolute atomic E-state index is 5.44. The van der Waals surface area contributed by atoms with E-state index in [2.05, 4.69) is 0 Å². The molecule has 2 aromatic carbocycles. The van der Waals surface area contributed by atoms with Crippen LogP contribution in [-0.4, -0.2) is 27.9 Å². The highest BCUT2D eigenvalue weighted by Gasteiger charge is 2.11. The van der Waals surface area contributed by atoms with E-state index >= 15 is 0 Å². The first kappa shape index (κ1) is 16.7. The quantitative estimate of drug-likeness (QED) is 0.715. The van der Waals surface area contributed by atoms with E-state index in [1.165, 1.54) is 0 Å². The molecule has 122 valence electrons. The fraction of sp³-hybridized carbons (Fsp3) is 0.263. The van der Waals surface area contributed by atoms with Gasteiger partial charge in [0, 0.05) is 0 Å². The normalized spacial score (nSPS) is 10.6. The lowest BCUT2D eigenvalue weighted by Gasteiger charge is -2.12. The van der Waals surface area contributed by atoms with Crippen LogP contribution in [0.2, 0.25) is 0 Å². The van der Waals surface area contributed by atoms with Crippen molar-refractivity contribution in [3.63, 3.8) is 0 Å². The molecule has 23 heavy (non-hydrogen) atoms. The van der Waals surface area contributed by atoms with Crippen molar-refractivity contribution < 1.29 is 18.9 Å². The Morgan fingerprint density at radius 3 is 1.83 bits per heavy atom. The monoisotopic (exact) mass is 314 g/mol. The zero-order valence-electron chi connectivity index (χ0n) is 14.0. The van der Waals surface area contributed by atoms with Gasteiger partial charge in [-0.1, -0.05) is 24.3 Å². The highest BCUT2D eigenvalue weighted by atomic mass is 16.5. The lowest BCUT2D eigenvalue weighted by Crippen LogP contribution is -1.95. The van der Waals surface area contributed by atoms with Crippen LogP contribution in [0.5, 0.6) is 23.0 Å². The maximum Gasteiger partial charge on any atom is 0.203 e. The number of hydrogen-bond donors (Lipinski definition) is 0. The van der Waals surface area contributed by atoms with Gasteiger partial charge in [-0.3, -0.25) is 0 Å². The Balaban J connectivity index is 2.24. The molecular weight excluding hydrogens is 292 g/mol. The molecule has 0 aromatic heterocycles. The summed E-state index contributed by atoms with van der Waals surface area (Å²) in [6.07, 6.45) is 4.02. The Morgan fingerprint density at radius 2 is 1.35 bits per heavy atom. The van der Waals surface area contributed by atoms with E-state index < -0.39 is 0 Å². The SMILES string of the molecule is CCOc1ccc(/C=C/c2cc(OC)c(OC)c(OC)c2)cc1. The molecule has 0 radical (unpaired) electrons. The van der Waals surface area contributed by atoms with Crippen LogP contribution in [0, 0.1) is 0 Å². The topological polar surface area (TPSA) is 36.9 Å². The zero-order chi connectivity index (χ0) is 16.7. The van der Waals surface area contributed by atoms with Crippen LogP contribution in [-0.2, 0) is 0 Å². The lowest BCUT2D eigenvalue weighted by molar-refractivity contribution is 0.324. The Bertz CT molecular complexity index is 635. The largest absolute Gasteiger partial charge is 0.494 e. The first-order valence-electron chi connectivity index (χ1n) is 7.42. The van der Waals surface area contributed by atoms with Crippen molar-refractivity contribution in [2.45, 2.75) is 6.92 Å². The van der Waals surface area contributed by atoms with Crippen LogP contribution in [0.25, 0.3) is 12.2 Å². The summed E-state index contributed by atoms with van der Waals surface area (Å²) in [6.45, 7) is 2.64. The van der Waals surface area contributed by atoms with E-state index in [1.807, 2.05) is 55.5 Å². The third-order valence-electron chi connectivity index (χ3n) is 3.35. The molecule has 0 spiro atoms. The van der Waals surface area contributed by atoms with E-state index in [1.54, 1.807) is 21.3 Å². The number of ether oxygens (including phenoxy) is 4. The van der Waals surface area contributed by atoms with Gasteiger partial charge in [0.25, 0.3) is 0 Å². The van der Waals surface area contributed by atoms with Crippen LogP contribution in [0.1, 0.15) is 18.1 Å². The van der Waals surface area contributed by atoms with Gasteiger partial charge in [-0.15, -0.1) is 0 Å². The molecule has 0 aliphatic rings. The second-order valence-electron chi connectivity index (χ2n) is 4.79. The third-order valence-corrected chi connectivity index (χ3v) is 3.35. The van der Waals surface area contributed by atoms with Crippen molar-refractivity contribution >= 4 is 12.2 Å². The van der Waals surface area contributed by atoms with E-state index in [0.29, 0.717) is 23.9 Å². The smallest absolute Gasteiger partial charge is 0.203 e. The summed E-state index contributed by atoms with van der Waals surface area (Å²) in [4.78, 5) is 0. The average molecular weight is 314 g/mol. The van der Waals surface area contributed by atoms with Gasteiger partial charge in [0.2, 0.25) is 5.75 Å². The molecule has 4 heteroatoms. The summed E-state index contributed by atoms with van der Waals surface area (Å²) in [5.74, 6) is 2.74. The second-order valence-corrected chi connectivity index (χ2v) is 4.79. The predicted molar refractivity (Wildman–Crippen MR) is 92.6 cm³/mol. The van der Waals surface area contributed by atoms with Gasteiger partial charge in [0.05, 0.1) is 27.9 Å². The minimum absolute atomic E-state index is 0.591. The van der Waals surface area contributed by atoms with E-state index in [0.717, 1.165) is 16.9 Å². The van der Waals surface area contributed by atoms with Gasteiger partial charge in [-0.25, -0.2) is 0 Å². The summed E-state index contributed by atoms with van der Waals surface area (Å²) in [6, 6.07) is 11.8. The van der Waals surface area contributed by atoms with Crippen LogP contribution >= 0.6 is 0 Å². The number of benzene rings is 2. The molecule has 0 atom stereocenters. The van der Waals surface area contributed by atoms with Gasteiger partial charge >= 0.3 is 0 Å². The second kappa shape index (κ2) is 8.13. The molecule has 0 saturated heterocycles. The van der Waals surface area contributed by atoms with E-state index in [-0.39, 0.29) is 0 Å². The van der Waals surface area contributed by atoms with E-state index in [4.69, 9.17) is 18.9 Å². The third kappa shape index (κ3) is 4.19. The Hall–Kier alpha value is -2.62. The molecule has 0 N–H and O–H groups in total. The van der Waals surface area contributed by atoms with E-state index in [9.17, 15) is 0 Å². The minimum Gasteiger partial charge on any atom is -0.494 e. The van der Waals surface area contributed by atoms with Crippen molar-refractivity contribution in [2.75, 3.05) is 27.9 Å². The van der Waals surface area contributed by atoms with Crippen molar-refractivity contribution in [2.24, 2.45) is 0 Å². The van der Waals surface area contributed by atoms with Gasteiger partial charge in [-0.2, -0.15) is 0 Å². The summed E-state index contributed by atoms with van der Waals surface area (Å²) < 4.78 is 21.5. The van der Waals surface area contributed by atoms with Crippen LogP contribution < -0.4 is 18.9 Å². The molecule has 0 amide bonds. The molecule has 4 nitrogen and oxygen atoms in total. The van der Waals surface area contributed by atoms with Gasteiger partial charge in [-0.05, 0) is 42.3 Å². The minimum atomic E-state index is 0.591. The Morgan fingerprint density at radius 1 is 0.783 bits per heavy atom. The molecular formula is C19H22O4. The molecule has 0 aliphatic heterocycles. The zero-order valence-corrected chi connectivity index (χ0v) is 14.0. The summed E-state index contributed by atoms with van der Waals surface area (Å²) in [5, 5.41) is 0. The van der Waals surface area contributed by atoms with Crippen molar-refractivity contribution in [3.8, 4) is 23.0 Å². The molecule has 2 rings (SSSR count). The number of hydrogen-bond acceptors (Lipinski definition) is 4. The highest BCUT2D eigenvalue weighted by Crippen LogP contribution is 2.38. The molecule has 0 bridgehead atoms. The fourth-order valence-electron chi connectivity index (χ4n) is 2.23. The first-order chi connectivity index (χ1) is 11.2. The van der Waals surface area contributed by atoms with Crippen molar-refractivity contribution in [1.82, 2.24) is 0 Å². The molecule has 0 heterocycles. The highest BCUT2D eigenvalue weighted by molar-refractivity contribution is 5.72. The van der Waals surface area contributed by atoms with Gasteiger partial charge < -0.3 is 18.9 Å². The Kier molecular flexibility index (Phi) is 5.92. The molecule has 0 fully saturated rings. The van der Waals surface area contributed by atoms with Gasteiger partial charge in [0.15, 0.2) is 11.5 Å². The maximum atomic E-state index is 5.44. The van der Waals surface area contributed by atoms with Crippen molar-refractivity contribution in [1.29, 1.82) is 0 Å². The van der Waals surface area contributed by atoms with Crippen LogP contribution in [0.3, 0.4) is 0 Å². The summed E-state index contributed by atoms with van der Waals surface area (Å²) >= 11 is 0. The van der Waals surface area contributed by atoms with Crippen LogP contribution in [0.15, 0.2) is 36.4 Å². The van der Waals surface area contributed by atoms with Crippen molar-refractivity contribution in [3.05, 3.63) is 47.5 Å². The molecule has 2 aromatic rings. The standard InChI is InChI=1S/C19H22O4/c1-5-23-16-10-8-14(9-11-16)6-7-15-12-17(20-2)19(22-4)18(13-15)21-3/h6-13H,5H2,1-4H3/b7-6+. The summed E-state index contributed by atoms with van der Waals surface area (Å²) in [5.41, 5.74) is 2.05. The number of rotatable bonds is 7. The number of methoxy groups -OCH3 is 3. The Labute approximate surface area is 137 Å². The first-order valence-corrected chi connectivity index (χ1v) is 7.42. The predicted octanol–water partition coefficient (Wildman–Crippen LogP) is 4.28. The molecule has 0 aliphatic carbocycles. The summed E-state index contributed by atoms with van der Waals surface area (Å²) in [7, 11) is 4.81. The van der Waals surface area contributed by atoms with Gasteiger partial charge in [0.1, 0.15) is 5.75 Å². The van der Waals surface area contributed by atoms with Crippen LogP contribution in [0.4, 0.5) is 0 Å². The average Bonchev–Trinajstić information content (AvgIpc) is 2.60. The molecule has 0 unspecified atom stereocenters. The molecule has 0 saturated carbocycles.